The minimum atomic E-state index is -1.54. The van der Waals surface area contributed by atoms with Gasteiger partial charge in [-0.15, -0.1) is 0 Å². The molecule has 1 saturated carbocycles. The van der Waals surface area contributed by atoms with Crippen LogP contribution in [0.25, 0.3) is 0 Å². The number of nitrogens with one attached hydrogen (secondary N) is 1. The van der Waals surface area contributed by atoms with Gasteiger partial charge in [-0.25, -0.2) is 4.79 Å². The lowest BCUT2D eigenvalue weighted by Gasteiger charge is -2.30. The van der Waals surface area contributed by atoms with Crippen molar-refractivity contribution in [3.8, 4) is 6.07 Å². The molecule has 0 aromatic rings. The summed E-state index contributed by atoms with van der Waals surface area (Å²) in [4.78, 5) is 21.2. The second kappa shape index (κ2) is 4.09. The Kier molecular flexibility index (Phi) is 3.07. The first kappa shape index (κ1) is 10.5. The molecule has 1 amide bonds. The molecule has 14 heavy (non-hydrogen) atoms. The number of aliphatic carboxylic acids is 1. The lowest BCUT2D eigenvalue weighted by Crippen LogP contribution is -2.50. The third-order valence-corrected chi connectivity index (χ3v) is 2.47. The van der Waals surface area contributed by atoms with Crippen LogP contribution in [0.4, 0.5) is 0 Å². The smallest absolute Gasteiger partial charge is 0.394 e. The van der Waals surface area contributed by atoms with Crippen LogP contribution in [-0.4, -0.2) is 22.5 Å². The zero-order chi connectivity index (χ0) is 10.6. The van der Waals surface area contributed by atoms with Gasteiger partial charge in [0.25, 0.3) is 0 Å². The highest BCUT2D eigenvalue weighted by Crippen LogP contribution is 2.27. The van der Waals surface area contributed by atoms with E-state index in [-0.39, 0.29) is 0 Å². The van der Waals surface area contributed by atoms with Crippen LogP contribution in [0.5, 0.6) is 0 Å². The van der Waals surface area contributed by atoms with E-state index in [0.717, 1.165) is 19.3 Å². The Morgan fingerprint density at radius 3 is 2.29 bits per heavy atom. The second-order valence-corrected chi connectivity index (χ2v) is 3.51. The van der Waals surface area contributed by atoms with Crippen LogP contribution in [0.15, 0.2) is 0 Å². The molecular weight excluding hydrogens is 184 g/mol. The Morgan fingerprint density at radius 1 is 1.29 bits per heavy atom. The average molecular weight is 196 g/mol. The lowest BCUT2D eigenvalue weighted by atomic mass is 9.83. The second-order valence-electron chi connectivity index (χ2n) is 3.51. The van der Waals surface area contributed by atoms with Gasteiger partial charge in [0.2, 0.25) is 0 Å². The Labute approximate surface area is 81.7 Å². The number of hydrogen-bond donors (Lipinski definition) is 2. The molecule has 76 valence electrons. The molecule has 0 aromatic carbocycles. The molecule has 5 nitrogen and oxygen atoms in total. The van der Waals surface area contributed by atoms with E-state index in [1.54, 1.807) is 0 Å². The van der Waals surface area contributed by atoms with Crippen molar-refractivity contribution in [3.05, 3.63) is 0 Å². The summed E-state index contributed by atoms with van der Waals surface area (Å²) < 4.78 is 0. The molecule has 0 heterocycles. The number of rotatable bonds is 1. The fourth-order valence-electron chi connectivity index (χ4n) is 1.69. The van der Waals surface area contributed by atoms with E-state index in [0.29, 0.717) is 12.8 Å². The minimum Gasteiger partial charge on any atom is -0.474 e. The van der Waals surface area contributed by atoms with Crippen LogP contribution in [0.2, 0.25) is 0 Å². The Bertz CT molecular complexity index is 287. The molecule has 0 bridgehead atoms. The summed E-state index contributed by atoms with van der Waals surface area (Å²) in [6, 6.07) is 2.01. The summed E-state index contributed by atoms with van der Waals surface area (Å²) in [5.41, 5.74) is -0.951. The molecule has 1 fully saturated rings. The van der Waals surface area contributed by atoms with Crippen LogP contribution < -0.4 is 5.32 Å². The standard InChI is InChI=1S/C9H12N2O3/c10-6-9(4-2-1-3-5-9)11-7(12)8(13)14/h1-5H2,(H,11,12)(H,13,14). The van der Waals surface area contributed by atoms with Gasteiger partial charge in [-0.2, -0.15) is 5.26 Å². The summed E-state index contributed by atoms with van der Waals surface area (Å²) in [6.07, 6.45) is 3.83. The van der Waals surface area contributed by atoms with Gasteiger partial charge in [-0.3, -0.25) is 4.79 Å². The molecule has 0 aromatic heterocycles. The van der Waals surface area contributed by atoms with E-state index in [1.165, 1.54) is 0 Å². The van der Waals surface area contributed by atoms with E-state index in [2.05, 4.69) is 5.32 Å². The number of carbonyl (C=O) groups excluding carboxylic acids is 1. The molecule has 2 N–H and O–H groups in total. The molecule has 1 aliphatic carbocycles. The predicted molar refractivity (Wildman–Crippen MR) is 47.2 cm³/mol. The summed E-state index contributed by atoms with van der Waals surface area (Å²) in [5, 5.41) is 19.6. The largest absolute Gasteiger partial charge is 0.474 e. The maximum atomic E-state index is 10.9. The monoisotopic (exact) mass is 196 g/mol. The zero-order valence-electron chi connectivity index (χ0n) is 7.75. The highest BCUT2D eigenvalue weighted by atomic mass is 16.4. The highest BCUT2D eigenvalue weighted by molar-refractivity contribution is 6.31. The molecular formula is C9H12N2O3. The Morgan fingerprint density at radius 2 is 1.86 bits per heavy atom. The number of carbonyl (C=O) groups is 2. The summed E-state index contributed by atoms with van der Waals surface area (Å²) in [5.74, 6) is -2.63. The maximum Gasteiger partial charge on any atom is 0.394 e. The number of carboxylic acids is 1. The molecule has 1 rings (SSSR count). The van der Waals surface area contributed by atoms with Gasteiger partial charge < -0.3 is 10.4 Å². The van der Waals surface area contributed by atoms with Crippen LogP contribution in [0.1, 0.15) is 32.1 Å². The van der Waals surface area contributed by atoms with E-state index >= 15 is 0 Å². The van der Waals surface area contributed by atoms with Gasteiger partial charge in [0.15, 0.2) is 0 Å². The van der Waals surface area contributed by atoms with E-state index < -0.39 is 17.4 Å². The van der Waals surface area contributed by atoms with Gasteiger partial charge in [-0.1, -0.05) is 19.3 Å². The predicted octanol–water partition coefficient (Wildman–Crippen LogP) is 0.414. The third-order valence-electron chi connectivity index (χ3n) is 2.47. The first-order valence-corrected chi connectivity index (χ1v) is 4.56. The lowest BCUT2D eigenvalue weighted by molar-refractivity contribution is -0.151. The van der Waals surface area contributed by atoms with Gasteiger partial charge >= 0.3 is 11.9 Å². The Balaban J connectivity index is 2.66. The average Bonchev–Trinajstić information content (AvgIpc) is 2.19. The molecule has 0 saturated heterocycles. The molecule has 1 aliphatic rings. The van der Waals surface area contributed by atoms with Crippen molar-refractivity contribution in [2.45, 2.75) is 37.6 Å². The van der Waals surface area contributed by atoms with Crippen LogP contribution in [0, 0.1) is 11.3 Å². The molecule has 0 unspecified atom stereocenters. The number of carboxylic acid groups (broad SMARTS) is 1. The van der Waals surface area contributed by atoms with E-state index in [4.69, 9.17) is 10.4 Å². The number of nitrogens with zero attached hydrogens (tertiary/aromatic N) is 1. The third kappa shape index (κ3) is 2.22. The molecule has 0 radical (unpaired) electrons. The fraction of sp³-hybridized carbons (Fsp3) is 0.667. The van der Waals surface area contributed by atoms with Crippen molar-refractivity contribution in [3.63, 3.8) is 0 Å². The highest BCUT2D eigenvalue weighted by Gasteiger charge is 2.35. The SMILES string of the molecule is N#CC1(NC(=O)C(=O)O)CCCCC1. The maximum absolute atomic E-state index is 10.9. The summed E-state index contributed by atoms with van der Waals surface area (Å²) >= 11 is 0. The number of amides is 1. The van der Waals surface area contributed by atoms with Gasteiger partial charge in [-0.05, 0) is 12.8 Å². The van der Waals surface area contributed by atoms with Crippen molar-refractivity contribution in [1.29, 1.82) is 5.26 Å². The van der Waals surface area contributed by atoms with Crippen molar-refractivity contribution in [2.24, 2.45) is 0 Å². The quantitative estimate of drug-likeness (QED) is 0.594. The Hall–Kier alpha value is -1.57. The van der Waals surface area contributed by atoms with Crippen LogP contribution in [0.3, 0.4) is 0 Å². The minimum absolute atomic E-state index is 0.544. The van der Waals surface area contributed by atoms with Crippen LogP contribution in [-0.2, 0) is 9.59 Å². The summed E-state index contributed by atoms with van der Waals surface area (Å²) in [6.45, 7) is 0. The molecule has 0 aliphatic heterocycles. The van der Waals surface area contributed by atoms with Crippen molar-refractivity contribution in [2.75, 3.05) is 0 Å². The number of nitriles is 1. The van der Waals surface area contributed by atoms with Crippen molar-refractivity contribution >= 4 is 11.9 Å². The van der Waals surface area contributed by atoms with E-state index in [1.807, 2.05) is 6.07 Å². The van der Waals surface area contributed by atoms with Crippen LogP contribution >= 0.6 is 0 Å². The first-order valence-electron chi connectivity index (χ1n) is 4.56. The van der Waals surface area contributed by atoms with Gasteiger partial charge in [0.1, 0.15) is 5.54 Å². The van der Waals surface area contributed by atoms with Gasteiger partial charge in [0, 0.05) is 0 Å². The zero-order valence-corrected chi connectivity index (χ0v) is 7.75. The topological polar surface area (TPSA) is 90.2 Å². The van der Waals surface area contributed by atoms with Crippen molar-refractivity contribution in [1.82, 2.24) is 5.32 Å². The molecule has 0 spiro atoms. The fourth-order valence-corrected chi connectivity index (χ4v) is 1.69. The van der Waals surface area contributed by atoms with Gasteiger partial charge in [0.05, 0.1) is 6.07 Å². The van der Waals surface area contributed by atoms with Crippen molar-refractivity contribution < 1.29 is 14.7 Å². The first-order chi connectivity index (χ1) is 6.59. The summed E-state index contributed by atoms with van der Waals surface area (Å²) in [7, 11) is 0. The molecule has 0 atom stereocenters. The molecule has 5 heteroatoms. The number of hydrogen-bond acceptors (Lipinski definition) is 3. The van der Waals surface area contributed by atoms with E-state index in [9.17, 15) is 9.59 Å². The normalized spacial score (nSPS) is 19.4.